The third-order valence-electron chi connectivity index (χ3n) is 2.17. The lowest BCUT2D eigenvalue weighted by molar-refractivity contribution is 0.140. The second kappa shape index (κ2) is 5.52. The van der Waals surface area contributed by atoms with Gasteiger partial charge in [0.1, 0.15) is 0 Å². The Morgan fingerprint density at radius 1 is 1.09 bits per heavy atom. The Bertz CT molecular complexity index is 75.3. The summed E-state index contributed by atoms with van der Waals surface area (Å²) in [5, 5.41) is 0. The first-order valence-corrected chi connectivity index (χ1v) is 4.01. The average Bonchev–Trinajstić information content (AvgIpc) is 2.05. The van der Waals surface area contributed by atoms with Gasteiger partial charge in [-0.05, 0) is 6.54 Å². The lowest BCUT2D eigenvalue weighted by Crippen LogP contribution is -2.47. The zero-order valence-corrected chi connectivity index (χ0v) is 6.71. The number of likely N-dealkylation sites (N-methyl/N-ethyl adjacent to an activating group) is 1. The fourth-order valence-electron chi connectivity index (χ4n) is 1.29. The quantitative estimate of drug-likeness (QED) is 0.623. The maximum atomic E-state index is 5.50. The number of nitrogens with zero attached hydrogens (tertiary/aromatic N) is 2. The molecule has 0 unspecified atom stereocenters. The Kier molecular flexibility index (Phi) is 5.46. The number of piperazine rings is 1. The summed E-state index contributed by atoms with van der Waals surface area (Å²) in [6.07, 6.45) is 0. The van der Waals surface area contributed by atoms with Gasteiger partial charge in [-0.15, -0.1) is 0 Å². The van der Waals surface area contributed by atoms with Crippen LogP contribution in [0.15, 0.2) is 0 Å². The van der Waals surface area contributed by atoms with Crippen molar-refractivity contribution in [3.63, 3.8) is 0 Å². The molecule has 68 valence electrons. The van der Waals surface area contributed by atoms with Crippen LogP contribution in [0.5, 0.6) is 0 Å². The topological polar surface area (TPSA) is 32.5 Å². The van der Waals surface area contributed by atoms with Gasteiger partial charge in [0.15, 0.2) is 0 Å². The molecule has 3 nitrogen and oxygen atoms in total. The van der Waals surface area contributed by atoms with Crippen molar-refractivity contribution in [1.82, 2.24) is 9.80 Å². The molecule has 0 atom stereocenters. The predicted octanol–water partition coefficient (Wildman–Crippen LogP) is 0.176. The van der Waals surface area contributed by atoms with E-state index in [-0.39, 0.29) is 7.43 Å². The highest BCUT2D eigenvalue weighted by molar-refractivity contribution is 4.68. The van der Waals surface area contributed by atoms with Gasteiger partial charge < -0.3 is 10.6 Å². The fraction of sp³-hybridized carbons (Fsp3) is 1.00. The number of hydrogen-bond donors (Lipinski definition) is 1. The zero-order chi connectivity index (χ0) is 7.40. The van der Waals surface area contributed by atoms with Crippen LogP contribution in [0, 0.1) is 0 Å². The van der Waals surface area contributed by atoms with Crippen molar-refractivity contribution in [2.24, 2.45) is 5.73 Å². The number of rotatable bonds is 2. The Morgan fingerprint density at radius 3 is 1.91 bits per heavy atom. The smallest absolute Gasteiger partial charge is 0.0456 e. The third-order valence-corrected chi connectivity index (χ3v) is 2.17. The molecule has 0 aliphatic carbocycles. The van der Waals surface area contributed by atoms with Crippen molar-refractivity contribution in [1.29, 1.82) is 0 Å². The average molecular weight is 159 g/mol. The Balaban J connectivity index is 0.000001000. The van der Waals surface area contributed by atoms with Gasteiger partial charge >= 0.3 is 0 Å². The van der Waals surface area contributed by atoms with Gasteiger partial charge in [0, 0.05) is 32.8 Å². The van der Waals surface area contributed by atoms with Crippen LogP contribution in [-0.4, -0.2) is 49.2 Å². The van der Waals surface area contributed by atoms with Crippen LogP contribution in [0.3, 0.4) is 0 Å². The van der Waals surface area contributed by atoms with Crippen molar-refractivity contribution in [2.45, 2.75) is 14.4 Å². The van der Waals surface area contributed by atoms with Gasteiger partial charge in [0.25, 0.3) is 0 Å². The summed E-state index contributed by atoms with van der Waals surface area (Å²) in [6.45, 7) is 8.77. The fourth-order valence-corrected chi connectivity index (χ4v) is 1.29. The molecule has 2 N–H and O–H groups in total. The molecule has 0 bridgehead atoms. The van der Waals surface area contributed by atoms with E-state index >= 15 is 0 Å². The van der Waals surface area contributed by atoms with Crippen LogP contribution in [0.4, 0.5) is 0 Å². The summed E-state index contributed by atoms with van der Waals surface area (Å²) in [4.78, 5) is 4.73. The minimum Gasteiger partial charge on any atom is -0.318 e. The molecule has 1 heterocycles. The highest BCUT2D eigenvalue weighted by atomic mass is 15.3. The highest BCUT2D eigenvalue weighted by Gasteiger charge is 2.12. The molecule has 1 aliphatic heterocycles. The maximum absolute atomic E-state index is 5.50. The molecular weight excluding hydrogens is 138 g/mol. The lowest BCUT2D eigenvalue weighted by atomic mass is 10.3. The molecule has 0 aromatic heterocycles. The maximum Gasteiger partial charge on any atom is 0.0456 e. The summed E-state index contributed by atoms with van der Waals surface area (Å²) in [6, 6.07) is 0. The van der Waals surface area contributed by atoms with Crippen LogP contribution < -0.4 is 5.73 Å². The molecule has 0 amide bonds. The van der Waals surface area contributed by atoms with Crippen molar-refractivity contribution >= 4 is 0 Å². The van der Waals surface area contributed by atoms with E-state index in [4.69, 9.17) is 5.73 Å². The molecular formula is C8H21N3. The Hall–Kier alpha value is -0.120. The van der Waals surface area contributed by atoms with E-state index in [1.165, 1.54) is 19.6 Å². The van der Waals surface area contributed by atoms with Crippen molar-refractivity contribution in [2.75, 3.05) is 39.4 Å². The summed E-state index contributed by atoms with van der Waals surface area (Å²) < 4.78 is 0. The Labute approximate surface area is 70.2 Å². The SMILES string of the molecule is C.CCN1CCN(CN)CC1. The second-order valence-electron chi connectivity index (χ2n) is 2.73. The van der Waals surface area contributed by atoms with Gasteiger partial charge in [0.05, 0.1) is 0 Å². The van der Waals surface area contributed by atoms with Gasteiger partial charge in [-0.1, -0.05) is 14.4 Å². The number of hydrogen-bond acceptors (Lipinski definition) is 3. The molecule has 11 heavy (non-hydrogen) atoms. The molecule has 1 aliphatic rings. The molecule has 0 saturated carbocycles. The van der Waals surface area contributed by atoms with Gasteiger partial charge in [-0.25, -0.2) is 0 Å². The van der Waals surface area contributed by atoms with E-state index < -0.39 is 0 Å². The van der Waals surface area contributed by atoms with Gasteiger partial charge in [0.2, 0.25) is 0 Å². The molecule has 1 rings (SSSR count). The standard InChI is InChI=1S/C7H17N3.CH4/c1-2-9-3-5-10(7-8)6-4-9;/h2-8H2,1H3;1H4. The van der Waals surface area contributed by atoms with Crippen molar-refractivity contribution in [3.8, 4) is 0 Å². The molecule has 0 radical (unpaired) electrons. The minimum absolute atomic E-state index is 0. The van der Waals surface area contributed by atoms with Crippen LogP contribution >= 0.6 is 0 Å². The van der Waals surface area contributed by atoms with E-state index in [0.717, 1.165) is 19.8 Å². The van der Waals surface area contributed by atoms with Crippen LogP contribution in [0.25, 0.3) is 0 Å². The summed E-state index contributed by atoms with van der Waals surface area (Å²) in [5.74, 6) is 0. The second-order valence-corrected chi connectivity index (χ2v) is 2.73. The van der Waals surface area contributed by atoms with E-state index in [1.807, 2.05) is 0 Å². The molecule has 1 saturated heterocycles. The third kappa shape index (κ3) is 3.18. The normalized spacial score (nSPS) is 21.3. The monoisotopic (exact) mass is 159 g/mol. The molecule has 0 spiro atoms. The summed E-state index contributed by atoms with van der Waals surface area (Å²) in [5.41, 5.74) is 5.50. The van der Waals surface area contributed by atoms with E-state index in [0.29, 0.717) is 0 Å². The first kappa shape index (κ1) is 10.9. The summed E-state index contributed by atoms with van der Waals surface area (Å²) >= 11 is 0. The first-order valence-electron chi connectivity index (χ1n) is 4.01. The van der Waals surface area contributed by atoms with Crippen LogP contribution in [0.1, 0.15) is 14.4 Å². The van der Waals surface area contributed by atoms with Crippen LogP contribution in [0.2, 0.25) is 0 Å². The van der Waals surface area contributed by atoms with Crippen LogP contribution in [-0.2, 0) is 0 Å². The molecule has 1 fully saturated rings. The minimum atomic E-state index is 0. The van der Waals surface area contributed by atoms with Crippen molar-refractivity contribution in [3.05, 3.63) is 0 Å². The molecule has 0 aromatic rings. The summed E-state index contributed by atoms with van der Waals surface area (Å²) in [7, 11) is 0. The van der Waals surface area contributed by atoms with Gasteiger partial charge in [-0.2, -0.15) is 0 Å². The van der Waals surface area contributed by atoms with E-state index in [2.05, 4.69) is 16.7 Å². The van der Waals surface area contributed by atoms with E-state index in [9.17, 15) is 0 Å². The predicted molar refractivity (Wildman–Crippen MR) is 49.5 cm³/mol. The molecule has 3 heteroatoms. The van der Waals surface area contributed by atoms with Gasteiger partial charge in [-0.3, -0.25) is 4.90 Å². The number of nitrogens with two attached hydrogens (primary N) is 1. The Morgan fingerprint density at radius 2 is 1.55 bits per heavy atom. The lowest BCUT2D eigenvalue weighted by Gasteiger charge is -2.32. The zero-order valence-electron chi connectivity index (χ0n) is 6.71. The largest absolute Gasteiger partial charge is 0.318 e. The van der Waals surface area contributed by atoms with Crippen molar-refractivity contribution < 1.29 is 0 Å². The molecule has 0 aromatic carbocycles. The van der Waals surface area contributed by atoms with E-state index in [1.54, 1.807) is 0 Å². The highest BCUT2D eigenvalue weighted by Crippen LogP contribution is 1.97. The first-order chi connectivity index (χ1) is 4.86.